The number of aliphatic carboxylic acids is 1. The number of aromatic amines is 3. The highest BCUT2D eigenvalue weighted by molar-refractivity contribution is 6.00. The summed E-state index contributed by atoms with van der Waals surface area (Å²) in [4.78, 5) is 190. The molecule has 131 heavy (non-hydrogen) atoms. The van der Waals surface area contributed by atoms with Crippen LogP contribution in [0.1, 0.15) is 124 Å². The number of rotatable bonds is 47. The molecule has 12 amide bonds. The molecule has 0 fully saturated rings. The second-order valence-electron chi connectivity index (χ2n) is 32.8. The van der Waals surface area contributed by atoms with Crippen LogP contribution in [0.3, 0.4) is 0 Å². The number of benzene rings is 8. The number of carboxylic acid groups (broad SMARTS) is 1. The smallest absolute Gasteiger partial charge is 0.326 e. The number of para-hydroxylation sites is 2. The first kappa shape index (κ1) is 98.7. The number of nitrogens with one attached hydrogen (secondary N) is 14. The third-order valence-corrected chi connectivity index (χ3v) is 22.4. The second-order valence-corrected chi connectivity index (χ2v) is 32.8. The van der Waals surface area contributed by atoms with Gasteiger partial charge in [-0.2, -0.15) is 0 Å². The number of carbonyl (C=O) groups excluding carboxylic acids is 12. The van der Waals surface area contributed by atoms with Gasteiger partial charge < -0.3 is 107 Å². The van der Waals surface area contributed by atoms with Gasteiger partial charge in [-0.15, -0.1) is 0 Å². The molecule has 0 bridgehead atoms. The fraction of sp³-hybridized carbons (Fsp3) is 0.340. The minimum atomic E-state index is -1.36. The number of unbranched alkanes of at least 4 members (excludes halogenated alkanes) is 3. The number of hydrogen-bond donors (Lipinski definition) is 20. The van der Waals surface area contributed by atoms with Crippen LogP contribution in [-0.2, 0) is 101 Å². The minimum absolute atomic E-state index is 0.00326. The summed E-state index contributed by atoms with van der Waals surface area (Å²) in [6.07, 6.45) is 10.1. The predicted molar refractivity (Wildman–Crippen MR) is 499 cm³/mol. The van der Waals surface area contributed by atoms with Crippen LogP contribution >= 0.6 is 0 Å². The van der Waals surface area contributed by atoms with Gasteiger partial charge in [-0.05, 0) is 152 Å². The van der Waals surface area contributed by atoms with Crippen molar-refractivity contribution in [2.75, 3.05) is 13.1 Å². The van der Waals surface area contributed by atoms with Crippen LogP contribution in [-0.4, -0.2) is 187 Å². The normalized spacial score (nSPS) is 14.2. The Bertz CT molecular complexity index is 5730. The molecule has 34 heteroatoms. The van der Waals surface area contributed by atoms with Crippen molar-refractivity contribution in [1.29, 1.82) is 0 Å². The minimum Gasteiger partial charge on any atom is -0.480 e. The molecule has 8 unspecified atom stereocenters. The van der Waals surface area contributed by atoms with E-state index in [0.717, 1.165) is 71.2 Å². The van der Waals surface area contributed by atoms with E-state index in [1.54, 1.807) is 79.1 Å². The maximum Gasteiger partial charge on any atom is 0.326 e. The molecule has 8 aromatic carbocycles. The molecule has 0 radical (unpaired) electrons. The van der Waals surface area contributed by atoms with Crippen molar-refractivity contribution in [2.45, 2.75) is 196 Å². The van der Waals surface area contributed by atoms with Crippen LogP contribution in [0.5, 0.6) is 0 Å². The standard InChI is InChI=1S/C52H63N11O8.C45H55N9O6/c1-31(54)47(65)62-44(26-39-29-55-30-57-39)50(68)63-46(36-21-20-34-15-8-9-16-35(34)24-36)51(69)58-32(2)48(66)59-38(25-37-28-56-41-18-11-10-17-40(37)41)27-45(64)60-43(23-33-13-5-3-6-14-33)49(67)61-42(52(70)71)19-7-4-12-22-53;1-27(47)41(56)52-38(24-30-19-20-31-14-6-7-15-32(31)22-30)43(58)50-28(2)42(57)53-39(25-33-26-49-35-17-9-8-16-34(33)35)45(60)54-37(23-29-12-4-3-5-13-29)44(59)51-36(40(48)55)18-10-11-21-46/h3,5-6,8-11,13-18,20-21,24,28-32,38,42-44,46,56H,4,7,12,19,22-23,25-27,53-54H2,1-2H3,(H,55,57)(H,58,69)(H,59,66)(H,60,64)(H,61,67)(H,62,65)(H,63,68)(H,70,71);3-9,12-17,19-20,22,26-28,36-39,49H,10-11,18,21,23-25,46-47H2,1-2H3,(H2,48,55)(H,50,58)(H,51,59)(H,52,56)(H,53,57)(H,54,60)/t31?,32?,38-,42-,43?,44?,46?;27?,28?,36-,37?,38+,39-/m00/s1. The first-order valence-electron chi connectivity index (χ1n) is 43.9. The van der Waals surface area contributed by atoms with E-state index in [1.807, 2.05) is 127 Å². The van der Waals surface area contributed by atoms with Crippen molar-refractivity contribution in [3.63, 3.8) is 0 Å². The zero-order valence-corrected chi connectivity index (χ0v) is 73.7. The average Bonchev–Trinajstić information content (AvgIpc) is 1.59. The molecule has 0 aliphatic carbocycles. The van der Waals surface area contributed by atoms with Crippen molar-refractivity contribution in [2.24, 2.45) is 28.7 Å². The fourth-order valence-corrected chi connectivity index (χ4v) is 15.1. The Morgan fingerprint density at radius 3 is 1.33 bits per heavy atom. The number of primary amides is 1. The van der Waals surface area contributed by atoms with Gasteiger partial charge in [-0.3, -0.25) is 57.5 Å². The Kier molecular flexibility index (Phi) is 37.0. The Balaban J connectivity index is 0.000000276. The van der Waals surface area contributed by atoms with Gasteiger partial charge in [0.1, 0.15) is 60.4 Å². The van der Waals surface area contributed by atoms with Gasteiger partial charge in [-0.1, -0.05) is 189 Å². The van der Waals surface area contributed by atoms with Gasteiger partial charge in [0.15, 0.2) is 0 Å². The maximum atomic E-state index is 14.4. The number of carbonyl (C=O) groups is 13. The number of fused-ring (bicyclic) bond motifs is 4. The summed E-state index contributed by atoms with van der Waals surface area (Å²) in [7, 11) is 0. The Morgan fingerprint density at radius 1 is 0.366 bits per heavy atom. The van der Waals surface area contributed by atoms with E-state index in [4.69, 9.17) is 28.7 Å². The molecule has 25 N–H and O–H groups in total. The van der Waals surface area contributed by atoms with Gasteiger partial charge in [-0.25, -0.2) is 9.78 Å². The van der Waals surface area contributed by atoms with Crippen LogP contribution in [0.4, 0.5) is 0 Å². The van der Waals surface area contributed by atoms with Gasteiger partial charge in [0.05, 0.1) is 18.4 Å². The fourth-order valence-electron chi connectivity index (χ4n) is 15.1. The summed E-state index contributed by atoms with van der Waals surface area (Å²) in [5.41, 5.74) is 34.9. The number of H-pyrrole nitrogens is 3. The van der Waals surface area contributed by atoms with Crippen molar-refractivity contribution < 1.29 is 67.4 Å². The van der Waals surface area contributed by atoms with Gasteiger partial charge in [0.2, 0.25) is 70.9 Å². The highest BCUT2D eigenvalue weighted by atomic mass is 16.4. The van der Waals surface area contributed by atoms with E-state index in [-0.39, 0.29) is 57.8 Å². The number of amides is 12. The zero-order valence-electron chi connectivity index (χ0n) is 73.7. The average molecular weight is 1790 g/mol. The SMILES string of the molecule is CC(N)C(=O)NC(Cc1cnc[nH]1)C(=O)NC(C(=O)NC(C)C(=O)N[C@H](CC(=O)NC(Cc1ccccc1)C(=O)N[C@@H](CCCCCN)C(=O)O)Cc1c[nH]c2ccccc12)c1ccc2ccccc2c1.CC(N)C(=O)N[C@H](Cc1ccc2ccccc2c1)C(=O)NC(C)C(=O)N[C@@H](Cc1c[nH]c2ccccc12)C(=O)NC(Cc1ccccc1)C(=O)N[C@@H](CCCCN)C(N)=O. The third kappa shape index (κ3) is 29.8. The van der Waals surface area contributed by atoms with Gasteiger partial charge in [0.25, 0.3) is 0 Å². The quantitative estimate of drug-likeness (QED) is 0.0234. The summed E-state index contributed by atoms with van der Waals surface area (Å²) in [6, 6.07) is 44.7. The number of nitrogens with two attached hydrogens (primary N) is 5. The summed E-state index contributed by atoms with van der Waals surface area (Å²) in [5.74, 6) is -9.08. The summed E-state index contributed by atoms with van der Waals surface area (Å²) in [5, 5.41) is 45.5. The molecule has 690 valence electrons. The number of carboxylic acids is 1. The Hall–Kier alpha value is -14.5. The number of imidazole rings is 1. The Labute approximate surface area is 758 Å². The molecular weight excluding hydrogens is 1670 g/mol. The zero-order chi connectivity index (χ0) is 94.0. The highest BCUT2D eigenvalue weighted by Crippen LogP contribution is 2.26. The molecule has 0 saturated heterocycles. The van der Waals surface area contributed by atoms with Crippen molar-refractivity contribution in [3.05, 3.63) is 258 Å². The first-order chi connectivity index (χ1) is 63.0. The van der Waals surface area contributed by atoms with E-state index < -0.39 is 155 Å². The van der Waals surface area contributed by atoms with E-state index in [2.05, 4.69) is 78.4 Å². The van der Waals surface area contributed by atoms with Crippen molar-refractivity contribution in [1.82, 2.24) is 78.4 Å². The first-order valence-corrected chi connectivity index (χ1v) is 43.9. The topological polar surface area (TPSA) is 565 Å². The molecule has 0 aliphatic rings. The van der Waals surface area contributed by atoms with E-state index >= 15 is 0 Å². The molecule has 0 aliphatic heterocycles. The van der Waals surface area contributed by atoms with Gasteiger partial charge in [0, 0.05) is 90.7 Å². The van der Waals surface area contributed by atoms with Crippen LogP contribution in [0.2, 0.25) is 0 Å². The van der Waals surface area contributed by atoms with Crippen LogP contribution in [0, 0.1) is 0 Å². The van der Waals surface area contributed by atoms with Gasteiger partial charge >= 0.3 is 5.97 Å². The number of hydrogen-bond acceptors (Lipinski definition) is 18. The summed E-state index contributed by atoms with van der Waals surface area (Å²) < 4.78 is 0. The van der Waals surface area contributed by atoms with E-state index in [1.165, 1.54) is 40.2 Å². The largest absolute Gasteiger partial charge is 0.480 e. The molecule has 13 atom stereocenters. The number of aromatic nitrogens is 4. The van der Waals surface area contributed by atoms with Crippen LogP contribution < -0.4 is 87.2 Å². The second kappa shape index (κ2) is 49.2. The molecule has 3 aromatic heterocycles. The monoisotopic (exact) mass is 1790 g/mol. The van der Waals surface area contributed by atoms with Crippen LogP contribution in [0.25, 0.3) is 43.4 Å². The lowest BCUT2D eigenvalue weighted by atomic mass is 9.99. The Morgan fingerprint density at radius 2 is 0.786 bits per heavy atom. The lowest BCUT2D eigenvalue weighted by Crippen LogP contribution is -2.59. The van der Waals surface area contributed by atoms with E-state index in [0.29, 0.717) is 56.5 Å². The van der Waals surface area contributed by atoms with Crippen molar-refractivity contribution >= 4 is 120 Å². The third-order valence-electron chi connectivity index (χ3n) is 22.4. The molecule has 11 aromatic rings. The molecule has 0 spiro atoms. The highest BCUT2D eigenvalue weighted by Gasteiger charge is 2.36. The number of nitrogens with zero attached hydrogens (tertiary/aromatic N) is 1. The van der Waals surface area contributed by atoms with Crippen LogP contribution in [0.15, 0.2) is 219 Å². The predicted octanol–water partition coefficient (Wildman–Crippen LogP) is 4.47. The lowest BCUT2D eigenvalue weighted by Gasteiger charge is -2.26. The molecule has 34 nitrogen and oxygen atoms in total. The maximum absolute atomic E-state index is 14.4. The molecular formula is C97H118N20O14. The summed E-state index contributed by atoms with van der Waals surface area (Å²) in [6.45, 7) is 6.79. The summed E-state index contributed by atoms with van der Waals surface area (Å²) >= 11 is 0. The van der Waals surface area contributed by atoms with E-state index in [9.17, 15) is 67.4 Å². The molecule has 3 heterocycles. The lowest BCUT2D eigenvalue weighted by molar-refractivity contribution is -0.142. The molecule has 0 saturated carbocycles. The van der Waals surface area contributed by atoms with Crippen molar-refractivity contribution in [3.8, 4) is 0 Å². The molecule has 11 rings (SSSR count).